The van der Waals surface area contributed by atoms with Crippen LogP contribution in [-0.2, 0) is 13.0 Å². The van der Waals surface area contributed by atoms with Gasteiger partial charge in [0.05, 0.1) is 6.54 Å². The van der Waals surface area contributed by atoms with Crippen LogP contribution in [0.1, 0.15) is 33.4 Å². The largest absolute Gasteiger partial charge is 0.492 e. The van der Waals surface area contributed by atoms with E-state index in [0.29, 0.717) is 10.8 Å². The van der Waals surface area contributed by atoms with Gasteiger partial charge in [-0.05, 0) is 36.8 Å². The molecule has 1 aliphatic heterocycles. The van der Waals surface area contributed by atoms with Crippen molar-refractivity contribution in [1.29, 1.82) is 0 Å². The number of hydrogen-bond donors (Lipinski definition) is 2. The summed E-state index contributed by atoms with van der Waals surface area (Å²) in [5.74, 6) is 0.496. The Morgan fingerprint density at radius 3 is 2.64 bits per heavy atom. The van der Waals surface area contributed by atoms with Crippen molar-refractivity contribution in [3.63, 3.8) is 0 Å². The summed E-state index contributed by atoms with van der Waals surface area (Å²) < 4.78 is 15.1. The molecule has 0 radical (unpaired) electrons. The summed E-state index contributed by atoms with van der Waals surface area (Å²) in [7, 11) is 0. The van der Waals surface area contributed by atoms with Gasteiger partial charge < -0.3 is 10.0 Å². The summed E-state index contributed by atoms with van der Waals surface area (Å²) in [4.78, 5) is 7.22. The molecule has 142 valence electrons. The number of quaternary nitrogens is 1. The van der Waals surface area contributed by atoms with E-state index < -0.39 is 0 Å². The lowest BCUT2D eigenvalue weighted by molar-refractivity contribution is -0.940. The van der Waals surface area contributed by atoms with Gasteiger partial charge in [0.15, 0.2) is 6.04 Å². The second kappa shape index (κ2) is 6.68. The van der Waals surface area contributed by atoms with Gasteiger partial charge in [-0.25, -0.2) is 9.37 Å². The van der Waals surface area contributed by atoms with E-state index in [1.807, 2.05) is 19.1 Å². The van der Waals surface area contributed by atoms with Crippen LogP contribution in [0, 0.1) is 12.7 Å². The van der Waals surface area contributed by atoms with E-state index in [2.05, 4.69) is 34.3 Å². The molecule has 2 aromatic carbocycles. The third kappa shape index (κ3) is 2.87. The van der Waals surface area contributed by atoms with Crippen molar-refractivity contribution in [1.82, 2.24) is 14.6 Å². The molecule has 4 aromatic rings. The summed E-state index contributed by atoms with van der Waals surface area (Å²) in [5, 5.41) is 15.2. The Hall–Kier alpha value is -2.77. The van der Waals surface area contributed by atoms with Crippen LogP contribution in [0.25, 0.3) is 4.96 Å². The van der Waals surface area contributed by atoms with Crippen LogP contribution in [0.2, 0.25) is 0 Å². The van der Waals surface area contributed by atoms with Gasteiger partial charge in [0.25, 0.3) is 0 Å². The first-order valence-electron chi connectivity index (χ1n) is 9.32. The van der Waals surface area contributed by atoms with Gasteiger partial charge in [-0.3, -0.25) is 0 Å². The molecule has 0 saturated carbocycles. The van der Waals surface area contributed by atoms with Gasteiger partial charge in [0.1, 0.15) is 23.1 Å². The SMILES string of the molecule is Cc1nc2sc([C@@H](c3ccc(F)cc3)[NH+]3CCc4ccccc4C3)c(O)n2n1. The minimum Gasteiger partial charge on any atom is -0.492 e. The molecule has 0 bridgehead atoms. The van der Waals surface area contributed by atoms with Gasteiger partial charge in [0, 0.05) is 17.5 Å². The Bertz CT molecular complexity index is 1150. The van der Waals surface area contributed by atoms with Crippen molar-refractivity contribution >= 4 is 16.3 Å². The number of fused-ring (bicyclic) bond motifs is 2. The fourth-order valence-corrected chi connectivity index (χ4v) is 5.30. The lowest BCUT2D eigenvalue weighted by atomic mass is 9.96. The molecular formula is C21H20FN4OS+. The van der Waals surface area contributed by atoms with Gasteiger partial charge in [0.2, 0.25) is 10.8 Å². The van der Waals surface area contributed by atoms with Crippen molar-refractivity contribution in [3.8, 4) is 5.88 Å². The zero-order valence-electron chi connectivity index (χ0n) is 15.4. The van der Waals surface area contributed by atoms with Crippen LogP contribution in [0.4, 0.5) is 4.39 Å². The third-order valence-corrected chi connectivity index (χ3v) is 6.52. The number of nitrogens with one attached hydrogen (secondary N) is 1. The molecule has 0 spiro atoms. The highest BCUT2D eigenvalue weighted by molar-refractivity contribution is 7.17. The van der Waals surface area contributed by atoms with Gasteiger partial charge in [-0.15, -0.1) is 5.10 Å². The van der Waals surface area contributed by atoms with E-state index in [0.717, 1.165) is 30.0 Å². The second-order valence-electron chi connectivity index (χ2n) is 7.23. The minimum atomic E-state index is -0.260. The maximum Gasteiger partial charge on any atom is 0.235 e. The summed E-state index contributed by atoms with van der Waals surface area (Å²) in [6.07, 6.45) is 0.976. The summed E-state index contributed by atoms with van der Waals surface area (Å²) in [6, 6.07) is 15.0. The number of aromatic nitrogens is 3. The van der Waals surface area contributed by atoms with Gasteiger partial charge >= 0.3 is 0 Å². The Morgan fingerprint density at radius 2 is 1.89 bits per heavy atom. The molecule has 5 rings (SSSR count). The maximum absolute atomic E-state index is 13.6. The van der Waals surface area contributed by atoms with Crippen LogP contribution >= 0.6 is 11.3 Å². The maximum atomic E-state index is 13.6. The first-order chi connectivity index (χ1) is 13.6. The number of aryl methyl sites for hydroxylation is 1. The number of thiazole rings is 1. The molecule has 2 N–H and O–H groups in total. The molecular weight excluding hydrogens is 375 g/mol. The van der Waals surface area contributed by atoms with Crippen molar-refractivity contribution in [3.05, 3.63) is 81.7 Å². The Balaban J connectivity index is 1.62. The molecule has 2 atom stereocenters. The fourth-order valence-electron chi connectivity index (χ4n) is 4.11. The number of halogens is 1. The van der Waals surface area contributed by atoms with Crippen molar-refractivity contribution in [2.45, 2.75) is 25.9 Å². The molecule has 2 aromatic heterocycles. The van der Waals surface area contributed by atoms with E-state index in [1.54, 1.807) is 0 Å². The molecule has 0 amide bonds. The van der Waals surface area contributed by atoms with Crippen LogP contribution in [0.15, 0.2) is 48.5 Å². The highest BCUT2D eigenvalue weighted by atomic mass is 32.1. The monoisotopic (exact) mass is 395 g/mol. The molecule has 1 aliphatic rings. The molecule has 0 saturated heterocycles. The lowest BCUT2D eigenvalue weighted by Crippen LogP contribution is -3.12. The number of hydrogen-bond acceptors (Lipinski definition) is 4. The fraction of sp³-hybridized carbons (Fsp3) is 0.238. The highest BCUT2D eigenvalue weighted by Crippen LogP contribution is 2.35. The van der Waals surface area contributed by atoms with E-state index in [9.17, 15) is 9.50 Å². The summed E-state index contributed by atoms with van der Waals surface area (Å²) >= 11 is 1.45. The first-order valence-corrected chi connectivity index (χ1v) is 10.1. The van der Waals surface area contributed by atoms with Crippen molar-refractivity contribution in [2.24, 2.45) is 0 Å². The van der Waals surface area contributed by atoms with Crippen molar-refractivity contribution in [2.75, 3.05) is 6.54 Å². The molecule has 28 heavy (non-hydrogen) atoms. The summed E-state index contributed by atoms with van der Waals surface area (Å²) in [5.41, 5.74) is 3.68. The average molecular weight is 395 g/mol. The van der Waals surface area contributed by atoms with E-state index in [-0.39, 0.29) is 17.7 Å². The summed E-state index contributed by atoms with van der Waals surface area (Å²) in [6.45, 7) is 3.60. The number of rotatable bonds is 3. The molecule has 1 unspecified atom stereocenters. The normalized spacial score (nSPS) is 17.6. The Labute approximate surface area is 165 Å². The predicted octanol–water partition coefficient (Wildman–Crippen LogP) is 2.67. The van der Waals surface area contributed by atoms with Gasteiger partial charge in [-0.1, -0.05) is 35.6 Å². The lowest BCUT2D eigenvalue weighted by Gasteiger charge is -2.32. The number of nitrogens with zero attached hydrogens (tertiary/aromatic N) is 3. The predicted molar refractivity (Wildman–Crippen MR) is 105 cm³/mol. The average Bonchev–Trinajstić information content (AvgIpc) is 3.21. The first kappa shape index (κ1) is 17.3. The van der Waals surface area contributed by atoms with Crippen LogP contribution in [0.5, 0.6) is 5.88 Å². The quantitative estimate of drug-likeness (QED) is 0.561. The molecule has 0 fully saturated rings. The van der Waals surface area contributed by atoms with Gasteiger partial charge in [-0.2, -0.15) is 4.52 Å². The molecule has 0 aliphatic carbocycles. The van der Waals surface area contributed by atoms with E-state index in [4.69, 9.17) is 0 Å². The van der Waals surface area contributed by atoms with Crippen LogP contribution in [0.3, 0.4) is 0 Å². The standard InChI is InChI=1S/C21H19FN4OS/c1-13-23-21-26(24-13)20(27)19(28-21)18(15-6-8-17(22)9-7-15)25-11-10-14-4-2-3-5-16(14)12-25/h2-9,18,27H,10-12H2,1H3/p+1/t18-/m1/s1. The topological polar surface area (TPSA) is 54.9 Å². The zero-order chi connectivity index (χ0) is 19.3. The Kier molecular flexibility index (Phi) is 4.14. The van der Waals surface area contributed by atoms with Crippen molar-refractivity contribution < 1.29 is 14.4 Å². The Morgan fingerprint density at radius 1 is 1.14 bits per heavy atom. The van der Waals surface area contributed by atoms with Crippen LogP contribution < -0.4 is 4.90 Å². The van der Waals surface area contributed by atoms with E-state index >= 15 is 0 Å². The molecule has 7 heteroatoms. The second-order valence-corrected chi connectivity index (χ2v) is 8.24. The minimum absolute atomic E-state index is 0.109. The van der Waals surface area contributed by atoms with Crippen LogP contribution in [-0.4, -0.2) is 26.2 Å². The van der Waals surface area contributed by atoms with E-state index in [1.165, 1.54) is 44.0 Å². The number of benzene rings is 2. The zero-order valence-corrected chi connectivity index (χ0v) is 16.2. The highest BCUT2D eigenvalue weighted by Gasteiger charge is 2.34. The molecule has 3 heterocycles. The smallest absolute Gasteiger partial charge is 0.235 e. The molecule has 5 nitrogen and oxygen atoms in total. The number of aromatic hydroxyl groups is 1. The third-order valence-electron chi connectivity index (χ3n) is 5.43.